The fourth-order valence-electron chi connectivity index (χ4n) is 2.46. The van der Waals surface area contributed by atoms with Crippen LogP contribution < -0.4 is 10.6 Å². The Hall–Kier alpha value is -0.860. The summed E-state index contributed by atoms with van der Waals surface area (Å²) >= 11 is 0. The van der Waals surface area contributed by atoms with Gasteiger partial charge < -0.3 is 10.6 Å². The maximum Gasteiger partial charge on any atom is 0.0375 e. The van der Waals surface area contributed by atoms with E-state index < -0.39 is 0 Å². The summed E-state index contributed by atoms with van der Waals surface area (Å²) in [7, 11) is 2.02. The van der Waals surface area contributed by atoms with Gasteiger partial charge in [0.15, 0.2) is 0 Å². The molecule has 1 unspecified atom stereocenters. The lowest BCUT2D eigenvalue weighted by molar-refractivity contribution is 0.439. The molecule has 1 aromatic rings. The SMILES string of the molecule is CNC(C)(C)c1cccc(C2CCCNC2)c1. The first-order chi connectivity index (χ1) is 8.13. The molecule has 1 aliphatic rings. The molecule has 2 heteroatoms. The molecule has 17 heavy (non-hydrogen) atoms. The van der Waals surface area contributed by atoms with Crippen LogP contribution in [0.5, 0.6) is 0 Å². The summed E-state index contributed by atoms with van der Waals surface area (Å²) in [6.07, 6.45) is 2.61. The molecule has 1 aromatic carbocycles. The molecule has 0 saturated carbocycles. The smallest absolute Gasteiger partial charge is 0.0375 e. The van der Waals surface area contributed by atoms with Crippen LogP contribution in [0, 0.1) is 0 Å². The van der Waals surface area contributed by atoms with Crippen molar-refractivity contribution in [3.8, 4) is 0 Å². The van der Waals surface area contributed by atoms with Crippen LogP contribution in [0.3, 0.4) is 0 Å². The molecule has 2 N–H and O–H groups in total. The topological polar surface area (TPSA) is 24.1 Å². The van der Waals surface area contributed by atoms with Gasteiger partial charge in [-0.2, -0.15) is 0 Å². The van der Waals surface area contributed by atoms with E-state index in [2.05, 4.69) is 48.7 Å². The van der Waals surface area contributed by atoms with Gasteiger partial charge in [-0.1, -0.05) is 24.3 Å². The van der Waals surface area contributed by atoms with E-state index in [4.69, 9.17) is 0 Å². The van der Waals surface area contributed by atoms with E-state index in [1.807, 2.05) is 7.05 Å². The van der Waals surface area contributed by atoms with Crippen molar-refractivity contribution in [2.45, 2.75) is 38.1 Å². The molecule has 1 atom stereocenters. The molecule has 2 nitrogen and oxygen atoms in total. The zero-order valence-corrected chi connectivity index (χ0v) is 11.2. The predicted octanol–water partition coefficient (Wildman–Crippen LogP) is 2.61. The molecule has 0 aliphatic carbocycles. The summed E-state index contributed by atoms with van der Waals surface area (Å²) in [5, 5.41) is 6.86. The first kappa shape index (κ1) is 12.6. The minimum atomic E-state index is 0.0537. The van der Waals surface area contributed by atoms with Gasteiger partial charge in [-0.25, -0.2) is 0 Å². The second kappa shape index (κ2) is 5.19. The number of hydrogen-bond acceptors (Lipinski definition) is 2. The van der Waals surface area contributed by atoms with Crippen LogP contribution in [0.15, 0.2) is 24.3 Å². The Kier molecular flexibility index (Phi) is 3.85. The van der Waals surface area contributed by atoms with E-state index >= 15 is 0 Å². The normalized spacial score (nSPS) is 21.5. The Bertz CT molecular complexity index is 365. The summed E-state index contributed by atoms with van der Waals surface area (Å²) in [6.45, 7) is 6.76. The average Bonchev–Trinajstić information content (AvgIpc) is 2.40. The van der Waals surface area contributed by atoms with Crippen molar-refractivity contribution in [1.82, 2.24) is 10.6 Å². The number of nitrogens with one attached hydrogen (secondary N) is 2. The molecule has 94 valence electrons. The molecular weight excluding hydrogens is 208 g/mol. The van der Waals surface area contributed by atoms with Crippen molar-refractivity contribution in [3.05, 3.63) is 35.4 Å². The third-order valence-electron chi connectivity index (χ3n) is 4.00. The maximum absolute atomic E-state index is 3.49. The van der Waals surface area contributed by atoms with Crippen molar-refractivity contribution in [2.24, 2.45) is 0 Å². The molecule has 0 spiro atoms. The van der Waals surface area contributed by atoms with Crippen molar-refractivity contribution in [2.75, 3.05) is 20.1 Å². The minimum Gasteiger partial charge on any atom is -0.316 e. The second-order valence-electron chi connectivity index (χ2n) is 5.54. The fourth-order valence-corrected chi connectivity index (χ4v) is 2.46. The number of benzene rings is 1. The van der Waals surface area contributed by atoms with Crippen LogP contribution in [0.2, 0.25) is 0 Å². The van der Waals surface area contributed by atoms with Gasteiger partial charge in [0.1, 0.15) is 0 Å². The highest BCUT2D eigenvalue weighted by Crippen LogP contribution is 2.27. The second-order valence-corrected chi connectivity index (χ2v) is 5.54. The highest BCUT2D eigenvalue weighted by Gasteiger charge is 2.20. The summed E-state index contributed by atoms with van der Waals surface area (Å²) in [6, 6.07) is 9.05. The maximum atomic E-state index is 3.49. The first-order valence-electron chi connectivity index (χ1n) is 6.63. The van der Waals surface area contributed by atoms with Crippen LogP contribution in [0.1, 0.15) is 43.7 Å². The summed E-state index contributed by atoms with van der Waals surface area (Å²) < 4.78 is 0. The van der Waals surface area contributed by atoms with Crippen molar-refractivity contribution in [3.63, 3.8) is 0 Å². The standard InChI is InChI=1S/C15H24N2/c1-15(2,16-3)14-8-4-6-12(10-14)13-7-5-9-17-11-13/h4,6,8,10,13,16-17H,5,7,9,11H2,1-3H3. The molecule has 1 heterocycles. The molecule has 0 aromatic heterocycles. The third kappa shape index (κ3) is 2.88. The lowest BCUT2D eigenvalue weighted by Crippen LogP contribution is -2.33. The summed E-state index contributed by atoms with van der Waals surface area (Å²) in [4.78, 5) is 0. The van der Waals surface area contributed by atoms with Crippen LogP contribution in [0.4, 0.5) is 0 Å². The number of hydrogen-bond donors (Lipinski definition) is 2. The molecule has 2 rings (SSSR count). The van der Waals surface area contributed by atoms with Gasteiger partial charge in [-0.3, -0.25) is 0 Å². The van der Waals surface area contributed by atoms with Crippen molar-refractivity contribution >= 4 is 0 Å². The van der Waals surface area contributed by atoms with E-state index in [0.717, 1.165) is 6.54 Å². The van der Waals surface area contributed by atoms with Gasteiger partial charge in [-0.15, -0.1) is 0 Å². The lowest BCUT2D eigenvalue weighted by Gasteiger charge is -2.28. The van der Waals surface area contributed by atoms with Gasteiger partial charge in [-0.05, 0) is 57.3 Å². The van der Waals surface area contributed by atoms with Gasteiger partial charge in [0.25, 0.3) is 0 Å². The Morgan fingerprint density at radius 3 is 2.82 bits per heavy atom. The zero-order chi connectivity index (χ0) is 12.3. The summed E-state index contributed by atoms with van der Waals surface area (Å²) in [5.74, 6) is 0.691. The van der Waals surface area contributed by atoms with E-state index in [9.17, 15) is 0 Å². The summed E-state index contributed by atoms with van der Waals surface area (Å²) in [5.41, 5.74) is 2.92. The number of rotatable bonds is 3. The molecule has 0 radical (unpaired) electrons. The van der Waals surface area contributed by atoms with E-state index in [1.165, 1.54) is 30.5 Å². The van der Waals surface area contributed by atoms with Crippen molar-refractivity contribution in [1.29, 1.82) is 0 Å². The molecule has 1 fully saturated rings. The van der Waals surface area contributed by atoms with Gasteiger partial charge in [0.05, 0.1) is 0 Å². The van der Waals surface area contributed by atoms with Crippen LogP contribution in [-0.4, -0.2) is 20.1 Å². The highest BCUT2D eigenvalue weighted by molar-refractivity contribution is 5.31. The molecular formula is C15H24N2. The lowest BCUT2D eigenvalue weighted by atomic mass is 9.87. The third-order valence-corrected chi connectivity index (χ3v) is 4.00. The minimum absolute atomic E-state index is 0.0537. The Balaban J connectivity index is 2.21. The molecule has 1 aliphatic heterocycles. The van der Waals surface area contributed by atoms with Gasteiger partial charge in [0.2, 0.25) is 0 Å². The van der Waals surface area contributed by atoms with Crippen LogP contribution >= 0.6 is 0 Å². The van der Waals surface area contributed by atoms with E-state index in [1.54, 1.807) is 0 Å². The number of piperidine rings is 1. The Morgan fingerprint density at radius 1 is 1.35 bits per heavy atom. The zero-order valence-electron chi connectivity index (χ0n) is 11.2. The monoisotopic (exact) mass is 232 g/mol. The van der Waals surface area contributed by atoms with Crippen LogP contribution in [-0.2, 0) is 5.54 Å². The molecule has 0 amide bonds. The van der Waals surface area contributed by atoms with Crippen molar-refractivity contribution < 1.29 is 0 Å². The first-order valence-corrected chi connectivity index (χ1v) is 6.63. The van der Waals surface area contributed by atoms with E-state index in [0.29, 0.717) is 5.92 Å². The Labute approximate surface area is 105 Å². The average molecular weight is 232 g/mol. The fraction of sp³-hybridized carbons (Fsp3) is 0.600. The van der Waals surface area contributed by atoms with Gasteiger partial charge in [0, 0.05) is 12.1 Å². The molecule has 1 saturated heterocycles. The highest BCUT2D eigenvalue weighted by atomic mass is 14.9. The molecule has 0 bridgehead atoms. The van der Waals surface area contributed by atoms with E-state index in [-0.39, 0.29) is 5.54 Å². The quantitative estimate of drug-likeness (QED) is 0.837. The van der Waals surface area contributed by atoms with Gasteiger partial charge >= 0.3 is 0 Å². The van der Waals surface area contributed by atoms with Crippen LogP contribution in [0.25, 0.3) is 0 Å². The largest absolute Gasteiger partial charge is 0.316 e. The predicted molar refractivity (Wildman–Crippen MR) is 73.4 cm³/mol. The Morgan fingerprint density at radius 2 is 2.18 bits per heavy atom.